The standard InChI is InChI=1S/C14H14ClN3O2/c15-10-7-9-8(3-5-17-13(9)19)6-12(10)18-14(20)11-2-1-4-16-11/h3,5-7,11,16H,1-2,4H2,(H,17,19)(H,18,20)/t11-/m0/s1. The van der Waals surface area contributed by atoms with Crippen LogP contribution >= 0.6 is 11.6 Å². The van der Waals surface area contributed by atoms with Gasteiger partial charge in [0, 0.05) is 11.6 Å². The maximum absolute atomic E-state index is 12.1. The number of pyridine rings is 1. The number of hydrogen-bond acceptors (Lipinski definition) is 3. The molecule has 2 heterocycles. The lowest BCUT2D eigenvalue weighted by Gasteiger charge is -2.12. The first-order valence-corrected chi connectivity index (χ1v) is 6.88. The number of rotatable bonds is 2. The van der Waals surface area contributed by atoms with Gasteiger partial charge in [0.2, 0.25) is 5.91 Å². The molecule has 1 aromatic carbocycles. The van der Waals surface area contributed by atoms with Crippen LogP contribution in [0.25, 0.3) is 10.8 Å². The zero-order valence-corrected chi connectivity index (χ0v) is 11.5. The van der Waals surface area contributed by atoms with Gasteiger partial charge in [-0.1, -0.05) is 11.6 Å². The summed E-state index contributed by atoms with van der Waals surface area (Å²) < 4.78 is 0. The van der Waals surface area contributed by atoms with Crippen molar-refractivity contribution < 1.29 is 4.79 Å². The number of hydrogen-bond donors (Lipinski definition) is 3. The van der Waals surface area contributed by atoms with Gasteiger partial charge in [-0.3, -0.25) is 9.59 Å². The lowest BCUT2D eigenvalue weighted by atomic mass is 10.1. The minimum absolute atomic E-state index is 0.0893. The quantitative estimate of drug-likeness (QED) is 0.791. The van der Waals surface area contributed by atoms with Gasteiger partial charge >= 0.3 is 0 Å². The summed E-state index contributed by atoms with van der Waals surface area (Å²) in [4.78, 5) is 26.3. The second-order valence-corrected chi connectivity index (χ2v) is 5.27. The number of benzene rings is 1. The molecule has 0 aliphatic carbocycles. The molecule has 3 N–H and O–H groups in total. The molecule has 0 radical (unpaired) electrons. The number of halogens is 1. The van der Waals surface area contributed by atoms with Crippen molar-refractivity contribution in [3.8, 4) is 0 Å². The first-order chi connectivity index (χ1) is 9.65. The van der Waals surface area contributed by atoms with Crippen LogP contribution in [0.2, 0.25) is 5.02 Å². The van der Waals surface area contributed by atoms with E-state index in [1.807, 2.05) is 0 Å². The molecule has 1 amide bonds. The highest BCUT2D eigenvalue weighted by Gasteiger charge is 2.22. The molecule has 1 fully saturated rings. The summed E-state index contributed by atoms with van der Waals surface area (Å²) in [7, 11) is 0. The van der Waals surface area contributed by atoms with Gasteiger partial charge in [0.25, 0.3) is 5.56 Å². The van der Waals surface area contributed by atoms with Gasteiger partial charge in [0.05, 0.1) is 16.8 Å². The summed E-state index contributed by atoms with van der Waals surface area (Å²) >= 11 is 6.14. The number of amides is 1. The van der Waals surface area contributed by atoms with E-state index in [4.69, 9.17) is 11.6 Å². The molecule has 1 saturated heterocycles. The molecular formula is C14H14ClN3O2. The van der Waals surface area contributed by atoms with Crippen molar-refractivity contribution in [1.29, 1.82) is 0 Å². The third kappa shape index (κ3) is 2.42. The predicted octanol–water partition coefficient (Wildman–Crippen LogP) is 1.87. The van der Waals surface area contributed by atoms with Crippen molar-refractivity contribution in [2.24, 2.45) is 0 Å². The van der Waals surface area contributed by atoms with Crippen molar-refractivity contribution >= 4 is 34.0 Å². The minimum Gasteiger partial charge on any atom is -0.329 e. The average Bonchev–Trinajstić information content (AvgIpc) is 2.95. The van der Waals surface area contributed by atoms with Gasteiger partial charge in [-0.05, 0) is 43.0 Å². The largest absolute Gasteiger partial charge is 0.329 e. The zero-order chi connectivity index (χ0) is 14.1. The molecule has 2 aromatic rings. The third-order valence-corrected chi connectivity index (χ3v) is 3.81. The molecule has 1 aliphatic rings. The smallest absolute Gasteiger partial charge is 0.255 e. The lowest BCUT2D eigenvalue weighted by molar-refractivity contribution is -0.117. The maximum Gasteiger partial charge on any atom is 0.255 e. The van der Waals surface area contributed by atoms with Crippen LogP contribution in [0.4, 0.5) is 5.69 Å². The van der Waals surface area contributed by atoms with Gasteiger partial charge in [0.15, 0.2) is 0 Å². The Bertz CT molecular complexity index is 720. The summed E-state index contributed by atoms with van der Waals surface area (Å²) in [5.41, 5.74) is 0.336. The number of carbonyl (C=O) groups excluding carboxylic acids is 1. The molecule has 0 bridgehead atoms. The van der Waals surface area contributed by atoms with E-state index in [0.717, 1.165) is 24.8 Å². The number of aromatic amines is 1. The monoisotopic (exact) mass is 291 g/mol. The number of nitrogens with one attached hydrogen (secondary N) is 3. The van der Waals surface area contributed by atoms with Gasteiger partial charge in [-0.25, -0.2) is 0 Å². The van der Waals surface area contributed by atoms with Crippen molar-refractivity contribution in [2.75, 3.05) is 11.9 Å². The van der Waals surface area contributed by atoms with Crippen molar-refractivity contribution in [3.63, 3.8) is 0 Å². The van der Waals surface area contributed by atoms with Crippen LogP contribution in [-0.2, 0) is 4.79 Å². The van der Waals surface area contributed by atoms with E-state index in [-0.39, 0.29) is 17.5 Å². The van der Waals surface area contributed by atoms with Crippen molar-refractivity contribution in [3.05, 3.63) is 39.8 Å². The summed E-state index contributed by atoms with van der Waals surface area (Å²) in [6, 6.07) is 4.91. The SMILES string of the molecule is O=C(Nc1cc2cc[nH]c(=O)c2cc1Cl)[C@@H]1CCCN1. The Kier molecular flexibility index (Phi) is 3.46. The highest BCUT2D eigenvalue weighted by molar-refractivity contribution is 6.34. The molecule has 104 valence electrons. The number of carbonyl (C=O) groups is 1. The molecule has 20 heavy (non-hydrogen) atoms. The normalized spacial score (nSPS) is 18.4. The molecule has 1 atom stereocenters. The van der Waals surface area contributed by atoms with Gasteiger partial charge in [-0.15, -0.1) is 0 Å². The molecule has 0 spiro atoms. The molecular weight excluding hydrogens is 278 g/mol. The lowest BCUT2D eigenvalue weighted by Crippen LogP contribution is -2.35. The Balaban J connectivity index is 1.93. The van der Waals surface area contributed by atoms with Crippen LogP contribution in [-0.4, -0.2) is 23.5 Å². The van der Waals surface area contributed by atoms with E-state index in [2.05, 4.69) is 15.6 Å². The highest BCUT2D eigenvalue weighted by atomic mass is 35.5. The average molecular weight is 292 g/mol. The van der Waals surface area contributed by atoms with Crippen LogP contribution in [0.5, 0.6) is 0 Å². The van der Waals surface area contributed by atoms with E-state index in [1.54, 1.807) is 24.4 Å². The fraction of sp³-hybridized carbons (Fsp3) is 0.286. The number of aromatic nitrogens is 1. The van der Waals surface area contributed by atoms with Crippen LogP contribution in [0, 0.1) is 0 Å². The molecule has 5 nitrogen and oxygen atoms in total. The Morgan fingerprint density at radius 1 is 1.40 bits per heavy atom. The van der Waals surface area contributed by atoms with Crippen LogP contribution in [0.15, 0.2) is 29.2 Å². The topological polar surface area (TPSA) is 74.0 Å². The number of fused-ring (bicyclic) bond motifs is 1. The van der Waals surface area contributed by atoms with Crippen LogP contribution in [0.3, 0.4) is 0 Å². The first-order valence-electron chi connectivity index (χ1n) is 6.50. The van der Waals surface area contributed by atoms with Crippen molar-refractivity contribution in [1.82, 2.24) is 10.3 Å². The van der Waals surface area contributed by atoms with Crippen LogP contribution in [0.1, 0.15) is 12.8 Å². The second-order valence-electron chi connectivity index (χ2n) is 4.86. The number of H-pyrrole nitrogens is 1. The number of anilines is 1. The Morgan fingerprint density at radius 2 is 2.25 bits per heavy atom. The van der Waals surface area contributed by atoms with E-state index in [0.29, 0.717) is 16.1 Å². The molecule has 1 aliphatic heterocycles. The van der Waals surface area contributed by atoms with Crippen LogP contribution < -0.4 is 16.2 Å². The molecule has 3 rings (SSSR count). The fourth-order valence-corrected chi connectivity index (χ4v) is 2.64. The molecule has 0 unspecified atom stereocenters. The minimum atomic E-state index is -0.195. The Labute approximate surface area is 120 Å². The van der Waals surface area contributed by atoms with E-state index < -0.39 is 0 Å². The molecule has 1 aromatic heterocycles. The highest BCUT2D eigenvalue weighted by Crippen LogP contribution is 2.26. The second kappa shape index (κ2) is 5.26. The molecule has 0 saturated carbocycles. The predicted molar refractivity (Wildman–Crippen MR) is 79.2 cm³/mol. The van der Waals surface area contributed by atoms with Crippen molar-refractivity contribution in [2.45, 2.75) is 18.9 Å². The summed E-state index contributed by atoms with van der Waals surface area (Å²) in [5.74, 6) is -0.0893. The first kappa shape index (κ1) is 13.1. The summed E-state index contributed by atoms with van der Waals surface area (Å²) in [6.07, 6.45) is 3.40. The van der Waals surface area contributed by atoms with Gasteiger partial charge < -0.3 is 15.6 Å². The Hall–Kier alpha value is -1.85. The summed E-state index contributed by atoms with van der Waals surface area (Å²) in [5, 5.41) is 7.56. The van der Waals surface area contributed by atoms with E-state index >= 15 is 0 Å². The maximum atomic E-state index is 12.1. The molecule has 6 heteroatoms. The van der Waals surface area contributed by atoms with Gasteiger partial charge in [0.1, 0.15) is 0 Å². The van der Waals surface area contributed by atoms with E-state index in [1.165, 1.54) is 0 Å². The van der Waals surface area contributed by atoms with E-state index in [9.17, 15) is 9.59 Å². The summed E-state index contributed by atoms with van der Waals surface area (Å²) in [6.45, 7) is 0.860. The fourth-order valence-electron chi connectivity index (χ4n) is 2.43. The third-order valence-electron chi connectivity index (χ3n) is 3.50. The zero-order valence-electron chi connectivity index (χ0n) is 10.7. The van der Waals surface area contributed by atoms with Gasteiger partial charge in [-0.2, -0.15) is 0 Å². The Morgan fingerprint density at radius 3 is 3.00 bits per heavy atom.